The zero-order chi connectivity index (χ0) is 10.9. The fraction of sp³-hybridized carbons (Fsp3) is 0.909. The predicted molar refractivity (Wildman–Crippen MR) is 57.8 cm³/mol. The Balaban J connectivity index is 2.55. The first-order valence-corrected chi connectivity index (χ1v) is 5.36. The molecule has 1 saturated carbocycles. The summed E-state index contributed by atoms with van der Waals surface area (Å²) >= 11 is 0. The molecule has 14 heavy (non-hydrogen) atoms. The van der Waals surface area contributed by atoms with E-state index >= 15 is 0 Å². The molecule has 82 valence electrons. The van der Waals surface area contributed by atoms with Crippen LogP contribution in [0.3, 0.4) is 0 Å². The third-order valence-electron chi connectivity index (χ3n) is 3.17. The van der Waals surface area contributed by atoms with Crippen molar-refractivity contribution < 1.29 is 4.79 Å². The van der Waals surface area contributed by atoms with Crippen LogP contribution in [0, 0.1) is 5.41 Å². The quantitative estimate of drug-likeness (QED) is 0.728. The second kappa shape index (κ2) is 3.89. The molecule has 0 heterocycles. The highest BCUT2D eigenvalue weighted by Crippen LogP contribution is 2.26. The van der Waals surface area contributed by atoms with Crippen LogP contribution in [-0.4, -0.2) is 29.9 Å². The van der Waals surface area contributed by atoms with Gasteiger partial charge in [0.1, 0.15) is 0 Å². The minimum absolute atomic E-state index is 0.0854. The molecule has 1 fully saturated rings. The third kappa shape index (κ3) is 2.27. The zero-order valence-corrected chi connectivity index (χ0v) is 9.71. The number of nitrogens with zero attached hydrogens (tertiary/aromatic N) is 1. The van der Waals surface area contributed by atoms with E-state index in [4.69, 9.17) is 5.73 Å². The summed E-state index contributed by atoms with van der Waals surface area (Å²) in [5, 5.41) is 0. The second-order valence-corrected chi connectivity index (χ2v) is 5.38. The number of rotatable bonds is 2. The van der Waals surface area contributed by atoms with Crippen molar-refractivity contribution in [3.63, 3.8) is 0 Å². The largest absolute Gasteiger partial charge is 0.341 e. The van der Waals surface area contributed by atoms with Gasteiger partial charge < -0.3 is 10.6 Å². The number of likely N-dealkylation sites (N-methyl/N-ethyl adjacent to an activating group) is 1. The molecular weight excluding hydrogens is 176 g/mol. The van der Waals surface area contributed by atoms with Crippen molar-refractivity contribution in [3.05, 3.63) is 0 Å². The Labute approximate surface area is 86.6 Å². The second-order valence-electron chi connectivity index (χ2n) is 5.38. The van der Waals surface area contributed by atoms with Crippen LogP contribution in [0.4, 0.5) is 0 Å². The van der Waals surface area contributed by atoms with Gasteiger partial charge in [-0.1, -0.05) is 20.8 Å². The summed E-state index contributed by atoms with van der Waals surface area (Å²) in [6.07, 6.45) is 3.52. The van der Waals surface area contributed by atoms with Gasteiger partial charge in [-0.05, 0) is 24.7 Å². The summed E-state index contributed by atoms with van der Waals surface area (Å²) < 4.78 is 0. The van der Waals surface area contributed by atoms with Crippen LogP contribution in [0.15, 0.2) is 0 Å². The molecule has 1 rings (SSSR count). The average Bonchev–Trinajstić information content (AvgIpc) is 1.96. The van der Waals surface area contributed by atoms with Crippen LogP contribution in [0.25, 0.3) is 0 Å². The Hall–Kier alpha value is -0.570. The number of amides is 1. The summed E-state index contributed by atoms with van der Waals surface area (Å²) in [5.74, 6) is 0.0854. The first-order chi connectivity index (χ1) is 6.34. The lowest BCUT2D eigenvalue weighted by Gasteiger charge is -2.38. The molecule has 0 aromatic carbocycles. The van der Waals surface area contributed by atoms with Gasteiger partial charge in [-0.25, -0.2) is 0 Å². The molecule has 0 spiro atoms. The number of carbonyl (C=O) groups is 1. The molecule has 1 atom stereocenters. The van der Waals surface area contributed by atoms with Crippen molar-refractivity contribution in [2.75, 3.05) is 7.05 Å². The summed E-state index contributed by atoms with van der Waals surface area (Å²) in [6, 6.07) is 0.0593. The van der Waals surface area contributed by atoms with Crippen LogP contribution in [0.2, 0.25) is 0 Å². The van der Waals surface area contributed by atoms with Gasteiger partial charge >= 0.3 is 0 Å². The first-order valence-electron chi connectivity index (χ1n) is 5.36. The molecule has 1 amide bonds. The molecule has 0 unspecified atom stereocenters. The summed E-state index contributed by atoms with van der Waals surface area (Å²) in [4.78, 5) is 13.8. The van der Waals surface area contributed by atoms with Gasteiger partial charge in [0, 0.05) is 13.1 Å². The summed E-state index contributed by atoms with van der Waals surface area (Å²) in [6.45, 7) is 6.01. The lowest BCUT2D eigenvalue weighted by Crippen LogP contribution is -2.53. The van der Waals surface area contributed by atoms with Gasteiger partial charge in [0.15, 0.2) is 0 Å². The smallest absolute Gasteiger partial charge is 0.240 e. The lowest BCUT2D eigenvalue weighted by atomic mass is 9.85. The van der Waals surface area contributed by atoms with Gasteiger partial charge in [-0.3, -0.25) is 4.79 Å². The van der Waals surface area contributed by atoms with Crippen molar-refractivity contribution in [3.8, 4) is 0 Å². The topological polar surface area (TPSA) is 46.3 Å². The van der Waals surface area contributed by atoms with Crippen LogP contribution < -0.4 is 5.73 Å². The number of nitrogens with two attached hydrogens (primary N) is 1. The highest BCUT2D eigenvalue weighted by molar-refractivity contribution is 5.82. The van der Waals surface area contributed by atoms with Crippen molar-refractivity contribution in [2.45, 2.75) is 52.1 Å². The molecule has 0 aromatic heterocycles. The highest BCUT2D eigenvalue weighted by Gasteiger charge is 2.33. The molecule has 1 aliphatic carbocycles. The summed E-state index contributed by atoms with van der Waals surface area (Å²) in [7, 11) is 1.87. The molecule has 3 nitrogen and oxygen atoms in total. The standard InChI is InChI=1S/C11H22N2O/c1-11(2,3)9(12)10(14)13(4)8-6-5-7-8/h8-9H,5-7,12H2,1-4H3/t9-/m0/s1. The SMILES string of the molecule is CN(C(=O)[C@H](N)C(C)(C)C)C1CCC1. The highest BCUT2D eigenvalue weighted by atomic mass is 16.2. The molecule has 0 bridgehead atoms. The van der Waals surface area contributed by atoms with E-state index in [9.17, 15) is 4.79 Å². The minimum Gasteiger partial charge on any atom is -0.341 e. The van der Waals surface area contributed by atoms with Gasteiger partial charge in [-0.2, -0.15) is 0 Å². The lowest BCUT2D eigenvalue weighted by molar-refractivity contribution is -0.137. The molecule has 2 N–H and O–H groups in total. The molecule has 0 radical (unpaired) electrons. The molecule has 3 heteroatoms. The maximum absolute atomic E-state index is 11.9. The molecule has 0 saturated heterocycles. The van der Waals surface area contributed by atoms with E-state index in [1.165, 1.54) is 6.42 Å². The molecule has 0 aromatic rings. The summed E-state index contributed by atoms with van der Waals surface area (Å²) in [5.41, 5.74) is 5.78. The molecular formula is C11H22N2O. The van der Waals surface area contributed by atoms with Crippen molar-refractivity contribution in [2.24, 2.45) is 11.1 Å². The average molecular weight is 198 g/mol. The van der Waals surface area contributed by atoms with Crippen LogP contribution in [-0.2, 0) is 4.79 Å². The minimum atomic E-state index is -0.381. The number of carbonyl (C=O) groups excluding carboxylic acids is 1. The maximum atomic E-state index is 11.9. The normalized spacial score (nSPS) is 20.1. The zero-order valence-electron chi connectivity index (χ0n) is 9.71. The molecule has 0 aliphatic heterocycles. The third-order valence-corrected chi connectivity index (χ3v) is 3.17. The van der Waals surface area contributed by atoms with Crippen molar-refractivity contribution in [1.29, 1.82) is 0 Å². The Bertz CT molecular complexity index is 216. The Morgan fingerprint density at radius 1 is 1.43 bits per heavy atom. The monoisotopic (exact) mass is 198 g/mol. The number of hydrogen-bond acceptors (Lipinski definition) is 2. The van der Waals surface area contributed by atoms with E-state index in [1.54, 1.807) is 0 Å². The predicted octanol–water partition coefficient (Wildman–Crippen LogP) is 1.37. The first kappa shape index (κ1) is 11.5. The van der Waals surface area contributed by atoms with Gasteiger partial charge in [0.2, 0.25) is 5.91 Å². The van der Waals surface area contributed by atoms with E-state index in [2.05, 4.69) is 0 Å². The van der Waals surface area contributed by atoms with E-state index < -0.39 is 0 Å². The van der Waals surface area contributed by atoms with Crippen molar-refractivity contribution in [1.82, 2.24) is 4.90 Å². The van der Waals surface area contributed by atoms with Crippen LogP contribution in [0.1, 0.15) is 40.0 Å². The van der Waals surface area contributed by atoms with E-state index in [0.29, 0.717) is 6.04 Å². The van der Waals surface area contributed by atoms with Crippen LogP contribution in [0.5, 0.6) is 0 Å². The Kier molecular flexibility index (Phi) is 3.20. The van der Waals surface area contributed by atoms with Crippen LogP contribution >= 0.6 is 0 Å². The maximum Gasteiger partial charge on any atom is 0.240 e. The van der Waals surface area contributed by atoms with Crippen molar-refractivity contribution >= 4 is 5.91 Å². The fourth-order valence-electron chi connectivity index (χ4n) is 1.54. The van der Waals surface area contributed by atoms with E-state index in [0.717, 1.165) is 12.8 Å². The number of hydrogen-bond donors (Lipinski definition) is 1. The Morgan fingerprint density at radius 2 is 1.93 bits per heavy atom. The molecule has 1 aliphatic rings. The fourth-order valence-corrected chi connectivity index (χ4v) is 1.54. The van der Waals surface area contributed by atoms with Gasteiger partial charge in [0.05, 0.1) is 6.04 Å². The van der Waals surface area contributed by atoms with Gasteiger partial charge in [0.25, 0.3) is 0 Å². The van der Waals surface area contributed by atoms with Gasteiger partial charge in [-0.15, -0.1) is 0 Å². The van der Waals surface area contributed by atoms with E-state index in [1.807, 2.05) is 32.7 Å². The van der Waals surface area contributed by atoms with E-state index in [-0.39, 0.29) is 17.4 Å². The Morgan fingerprint density at radius 3 is 2.21 bits per heavy atom.